The Morgan fingerprint density at radius 3 is 3.00 bits per heavy atom. The maximum atomic E-state index is 13.6. The summed E-state index contributed by atoms with van der Waals surface area (Å²) in [5.41, 5.74) is 0.0748. The molecule has 0 aliphatic rings. The van der Waals surface area contributed by atoms with Crippen molar-refractivity contribution in [3.63, 3.8) is 0 Å². The molecule has 5 heteroatoms. The maximum absolute atomic E-state index is 13.6. The van der Waals surface area contributed by atoms with E-state index >= 15 is 0 Å². The number of benzene rings is 1. The minimum Gasteiger partial charge on any atom is -0.348 e. The van der Waals surface area contributed by atoms with Crippen LogP contribution in [0.3, 0.4) is 0 Å². The number of hydrogen-bond acceptors (Lipinski definition) is 2. The third-order valence-corrected chi connectivity index (χ3v) is 2.75. The first-order valence-corrected chi connectivity index (χ1v) is 5.43. The van der Waals surface area contributed by atoms with Crippen molar-refractivity contribution in [3.8, 4) is 0 Å². The van der Waals surface area contributed by atoms with Crippen LogP contribution in [-0.4, -0.2) is 15.8 Å². The highest BCUT2D eigenvalue weighted by Gasteiger charge is 2.14. The molecule has 82 valence electrons. The van der Waals surface area contributed by atoms with Crippen molar-refractivity contribution in [2.24, 2.45) is 0 Å². The van der Waals surface area contributed by atoms with Crippen molar-refractivity contribution in [3.05, 3.63) is 52.3 Å². The summed E-state index contributed by atoms with van der Waals surface area (Å²) < 4.78 is 13.9. The lowest BCUT2D eigenvalue weighted by Gasteiger charge is -2.02. The minimum atomic E-state index is -0.529. The molecule has 0 fully saturated rings. The van der Waals surface area contributed by atoms with Gasteiger partial charge in [0, 0.05) is 12.4 Å². The summed E-state index contributed by atoms with van der Waals surface area (Å²) in [6.07, 6.45) is 3.25. The van der Waals surface area contributed by atoms with Gasteiger partial charge in [-0.2, -0.15) is 0 Å². The van der Waals surface area contributed by atoms with Gasteiger partial charge in [0.15, 0.2) is 5.78 Å². The number of carbonyl (C=O) groups excluding carboxylic acids is 1. The Labute approximate surface area is 99.8 Å². The summed E-state index contributed by atoms with van der Waals surface area (Å²) in [7, 11) is 0. The summed E-state index contributed by atoms with van der Waals surface area (Å²) >= 11 is 3.04. The topological polar surface area (TPSA) is 45.8 Å². The summed E-state index contributed by atoms with van der Waals surface area (Å²) in [6, 6.07) is 4.65. The fourth-order valence-electron chi connectivity index (χ4n) is 1.36. The van der Waals surface area contributed by atoms with Crippen LogP contribution in [0.25, 0.3) is 0 Å². The van der Waals surface area contributed by atoms with E-state index in [9.17, 15) is 9.18 Å². The standard InChI is InChI=1S/C11H8BrFN2O/c12-8-3-1-2-7(11(8)13)9(16)6-10-14-4-5-15-10/h1-5H,6H2,(H,14,15). The van der Waals surface area contributed by atoms with Gasteiger partial charge in [-0.25, -0.2) is 9.37 Å². The highest BCUT2D eigenvalue weighted by atomic mass is 79.9. The Bertz CT molecular complexity index is 511. The lowest BCUT2D eigenvalue weighted by molar-refractivity contribution is 0.0987. The fraction of sp³-hybridized carbons (Fsp3) is 0.0909. The molecule has 1 N–H and O–H groups in total. The first kappa shape index (κ1) is 11.0. The van der Waals surface area contributed by atoms with Gasteiger partial charge in [0.05, 0.1) is 16.5 Å². The molecule has 2 rings (SSSR count). The molecule has 0 amide bonds. The Kier molecular flexibility index (Phi) is 3.14. The molecule has 1 heterocycles. The molecule has 0 spiro atoms. The third kappa shape index (κ3) is 2.19. The molecule has 0 atom stereocenters. The Balaban J connectivity index is 2.24. The van der Waals surface area contributed by atoms with E-state index < -0.39 is 5.82 Å². The zero-order valence-electron chi connectivity index (χ0n) is 8.21. The minimum absolute atomic E-state index is 0.0698. The normalized spacial score (nSPS) is 10.4. The van der Waals surface area contributed by atoms with E-state index in [0.29, 0.717) is 5.82 Å². The fourth-order valence-corrected chi connectivity index (χ4v) is 1.73. The van der Waals surface area contributed by atoms with Crippen LogP contribution in [0.5, 0.6) is 0 Å². The van der Waals surface area contributed by atoms with E-state index in [1.54, 1.807) is 24.5 Å². The SMILES string of the molecule is O=C(Cc1ncc[nH]1)c1cccc(Br)c1F. The smallest absolute Gasteiger partial charge is 0.173 e. The first-order valence-electron chi connectivity index (χ1n) is 4.64. The lowest BCUT2D eigenvalue weighted by atomic mass is 10.1. The van der Waals surface area contributed by atoms with Crippen LogP contribution >= 0.6 is 15.9 Å². The molecule has 0 aliphatic carbocycles. The summed E-state index contributed by atoms with van der Waals surface area (Å²) in [5, 5.41) is 0. The predicted molar refractivity (Wildman–Crippen MR) is 60.7 cm³/mol. The number of hydrogen-bond donors (Lipinski definition) is 1. The average Bonchev–Trinajstić information content (AvgIpc) is 2.74. The summed E-state index contributed by atoms with van der Waals surface area (Å²) in [5.74, 6) is -0.294. The van der Waals surface area contributed by atoms with Gasteiger partial charge in [-0.1, -0.05) is 6.07 Å². The molecule has 3 nitrogen and oxygen atoms in total. The number of aromatic amines is 1. The lowest BCUT2D eigenvalue weighted by Crippen LogP contribution is -2.07. The second-order valence-electron chi connectivity index (χ2n) is 3.24. The van der Waals surface area contributed by atoms with Crippen molar-refractivity contribution in [2.45, 2.75) is 6.42 Å². The number of aromatic nitrogens is 2. The average molecular weight is 283 g/mol. The van der Waals surface area contributed by atoms with Crippen LogP contribution in [0.2, 0.25) is 0 Å². The number of nitrogens with zero attached hydrogens (tertiary/aromatic N) is 1. The van der Waals surface area contributed by atoms with E-state index in [1.165, 1.54) is 6.07 Å². The molecule has 2 aromatic rings. The van der Waals surface area contributed by atoms with Crippen LogP contribution in [0.1, 0.15) is 16.2 Å². The van der Waals surface area contributed by atoms with Crippen molar-refractivity contribution in [2.75, 3.05) is 0 Å². The Hall–Kier alpha value is -1.49. The number of Topliss-reactive ketones (excluding diaryl/α,β-unsaturated/α-hetero) is 1. The van der Waals surface area contributed by atoms with Crippen LogP contribution in [0.15, 0.2) is 35.1 Å². The molecule has 1 aromatic carbocycles. The molecule has 0 radical (unpaired) electrons. The molecular weight excluding hydrogens is 275 g/mol. The van der Waals surface area contributed by atoms with Crippen molar-refractivity contribution in [1.29, 1.82) is 0 Å². The predicted octanol–water partition coefficient (Wildman–Crippen LogP) is 2.74. The largest absolute Gasteiger partial charge is 0.348 e. The summed E-state index contributed by atoms with van der Waals surface area (Å²) in [4.78, 5) is 18.5. The number of imidazole rings is 1. The number of halogens is 2. The second kappa shape index (κ2) is 4.57. The van der Waals surface area contributed by atoms with Gasteiger partial charge in [-0.05, 0) is 28.1 Å². The van der Waals surface area contributed by atoms with Crippen LogP contribution in [-0.2, 0) is 6.42 Å². The van der Waals surface area contributed by atoms with Gasteiger partial charge in [0.2, 0.25) is 0 Å². The van der Waals surface area contributed by atoms with Gasteiger partial charge >= 0.3 is 0 Å². The molecule has 16 heavy (non-hydrogen) atoms. The van der Waals surface area contributed by atoms with Crippen molar-refractivity contribution < 1.29 is 9.18 Å². The number of nitrogens with one attached hydrogen (secondary N) is 1. The highest BCUT2D eigenvalue weighted by molar-refractivity contribution is 9.10. The van der Waals surface area contributed by atoms with Crippen LogP contribution in [0, 0.1) is 5.82 Å². The van der Waals surface area contributed by atoms with E-state index in [4.69, 9.17) is 0 Å². The molecule has 0 saturated heterocycles. The van der Waals surface area contributed by atoms with Crippen LogP contribution in [0.4, 0.5) is 4.39 Å². The van der Waals surface area contributed by atoms with Crippen molar-refractivity contribution >= 4 is 21.7 Å². The quantitative estimate of drug-likeness (QED) is 0.880. The molecule has 0 bridgehead atoms. The van der Waals surface area contributed by atoms with E-state index in [0.717, 1.165) is 0 Å². The molecule has 0 saturated carbocycles. The van der Waals surface area contributed by atoms with Gasteiger partial charge in [-0.3, -0.25) is 4.79 Å². The summed E-state index contributed by atoms with van der Waals surface area (Å²) in [6.45, 7) is 0. The molecule has 1 aromatic heterocycles. The van der Waals surface area contributed by atoms with Crippen molar-refractivity contribution in [1.82, 2.24) is 9.97 Å². The zero-order valence-corrected chi connectivity index (χ0v) is 9.79. The maximum Gasteiger partial charge on any atom is 0.173 e. The molecule has 0 unspecified atom stereocenters. The number of ketones is 1. The molecule has 0 aliphatic heterocycles. The molecular formula is C11H8BrFN2O. The van der Waals surface area contributed by atoms with Gasteiger partial charge in [0.25, 0.3) is 0 Å². The van der Waals surface area contributed by atoms with E-state index in [-0.39, 0.29) is 22.2 Å². The number of carbonyl (C=O) groups is 1. The highest BCUT2D eigenvalue weighted by Crippen LogP contribution is 2.19. The third-order valence-electron chi connectivity index (χ3n) is 2.13. The number of H-pyrrole nitrogens is 1. The van der Waals surface area contributed by atoms with Gasteiger partial charge in [0.1, 0.15) is 11.6 Å². The second-order valence-corrected chi connectivity index (χ2v) is 4.09. The number of rotatable bonds is 3. The van der Waals surface area contributed by atoms with Crippen LogP contribution < -0.4 is 0 Å². The monoisotopic (exact) mass is 282 g/mol. The first-order chi connectivity index (χ1) is 7.68. The Morgan fingerprint density at radius 2 is 2.31 bits per heavy atom. The van der Waals surface area contributed by atoms with E-state index in [1.807, 2.05) is 0 Å². The zero-order chi connectivity index (χ0) is 11.5. The van der Waals surface area contributed by atoms with E-state index in [2.05, 4.69) is 25.9 Å². The van der Waals surface area contributed by atoms with Gasteiger partial charge < -0.3 is 4.98 Å². The Morgan fingerprint density at radius 1 is 1.50 bits per heavy atom. The van der Waals surface area contributed by atoms with Gasteiger partial charge in [-0.15, -0.1) is 0 Å².